The summed E-state index contributed by atoms with van der Waals surface area (Å²) in [5, 5.41) is 10.8. The van der Waals surface area contributed by atoms with E-state index in [1.54, 1.807) is 24.8 Å². The Morgan fingerprint density at radius 1 is 1.42 bits per heavy atom. The molecule has 7 nitrogen and oxygen atoms in total. The predicted molar refractivity (Wildman–Crippen MR) is 88.2 cm³/mol. The third-order valence-corrected chi connectivity index (χ3v) is 4.61. The molecule has 4 heterocycles. The van der Waals surface area contributed by atoms with Crippen molar-refractivity contribution in [2.75, 3.05) is 19.6 Å². The second-order valence-electron chi connectivity index (χ2n) is 6.13. The summed E-state index contributed by atoms with van der Waals surface area (Å²) in [5.74, 6) is -0.123. The number of hydrogen-bond acceptors (Lipinski definition) is 6. The maximum atomic E-state index is 11.4. The number of rotatable bonds is 3. The topological polar surface area (TPSA) is 98.6 Å². The second-order valence-corrected chi connectivity index (χ2v) is 6.13. The van der Waals surface area contributed by atoms with Crippen molar-refractivity contribution in [3.63, 3.8) is 0 Å². The lowest BCUT2D eigenvalue weighted by atomic mass is 9.91. The van der Waals surface area contributed by atoms with E-state index in [2.05, 4.69) is 24.8 Å². The molecule has 0 amide bonds. The maximum Gasteiger partial charge on any atom is 0.245 e. The Morgan fingerprint density at radius 3 is 3.21 bits per heavy atom. The van der Waals surface area contributed by atoms with Crippen molar-refractivity contribution in [3.8, 4) is 6.07 Å². The van der Waals surface area contributed by atoms with Crippen LogP contribution in [0, 0.1) is 11.3 Å². The SMILES string of the molecule is N#CC(=O)CN1CCCC(c2[nH]cnc3cnc4nccc4c23)C1. The molecule has 3 aromatic rings. The molecule has 24 heavy (non-hydrogen) atoms. The van der Waals surface area contributed by atoms with Crippen LogP contribution in [0.5, 0.6) is 0 Å². The molecule has 7 heteroatoms. The van der Waals surface area contributed by atoms with E-state index in [4.69, 9.17) is 5.26 Å². The lowest BCUT2D eigenvalue weighted by molar-refractivity contribution is -0.115. The van der Waals surface area contributed by atoms with Crippen LogP contribution in [0.15, 0.2) is 24.8 Å². The molecule has 0 radical (unpaired) electrons. The lowest BCUT2D eigenvalue weighted by Crippen LogP contribution is -2.38. The fraction of sp³-hybridized carbons (Fsp3) is 0.353. The van der Waals surface area contributed by atoms with E-state index < -0.39 is 0 Å². The minimum Gasteiger partial charge on any atom is -0.349 e. The number of fused-ring (bicyclic) bond motifs is 3. The number of Topliss-reactive ketones (excluding diaryl/α,β-unsaturated/α-hetero) is 1. The highest BCUT2D eigenvalue weighted by Crippen LogP contribution is 2.32. The Morgan fingerprint density at radius 2 is 2.33 bits per heavy atom. The lowest BCUT2D eigenvalue weighted by Gasteiger charge is -2.32. The summed E-state index contributed by atoms with van der Waals surface area (Å²) in [6.07, 6.45) is 7.23. The number of carbonyl (C=O) groups is 1. The molecule has 120 valence electrons. The summed E-state index contributed by atoms with van der Waals surface area (Å²) in [6.45, 7) is 1.80. The number of aromatic nitrogens is 4. The van der Waals surface area contributed by atoms with Crippen LogP contribution in [-0.4, -0.2) is 50.3 Å². The molecule has 1 fully saturated rings. The van der Waals surface area contributed by atoms with Crippen molar-refractivity contribution in [3.05, 3.63) is 30.5 Å². The molecule has 0 saturated carbocycles. The van der Waals surface area contributed by atoms with Gasteiger partial charge in [0.15, 0.2) is 5.65 Å². The first-order valence-electron chi connectivity index (χ1n) is 7.98. The maximum absolute atomic E-state index is 11.4. The third kappa shape index (κ3) is 2.51. The normalized spacial score (nSPS) is 18.7. The number of nitrogens with one attached hydrogen (secondary N) is 1. The number of likely N-dealkylation sites (tertiary alicyclic amines) is 1. The van der Waals surface area contributed by atoms with Gasteiger partial charge in [0.25, 0.3) is 0 Å². The van der Waals surface area contributed by atoms with Crippen LogP contribution in [0.4, 0.5) is 0 Å². The van der Waals surface area contributed by atoms with E-state index in [1.165, 1.54) is 0 Å². The first-order chi connectivity index (χ1) is 11.8. The molecule has 0 spiro atoms. The van der Waals surface area contributed by atoms with Crippen LogP contribution in [0.25, 0.3) is 21.9 Å². The number of nitrogens with zero attached hydrogens (tertiary/aromatic N) is 5. The van der Waals surface area contributed by atoms with Gasteiger partial charge in [-0.05, 0) is 25.5 Å². The average molecular weight is 320 g/mol. The number of pyridine rings is 1. The molecule has 0 aliphatic carbocycles. The van der Waals surface area contributed by atoms with Crippen LogP contribution < -0.4 is 0 Å². The summed E-state index contributed by atoms with van der Waals surface area (Å²) >= 11 is 0. The van der Waals surface area contributed by atoms with Crippen LogP contribution in [0.1, 0.15) is 24.5 Å². The first kappa shape index (κ1) is 14.7. The van der Waals surface area contributed by atoms with E-state index in [0.717, 1.165) is 53.6 Å². The first-order valence-corrected chi connectivity index (χ1v) is 7.98. The van der Waals surface area contributed by atoms with Crippen LogP contribution in [0.2, 0.25) is 0 Å². The average Bonchev–Trinajstić information content (AvgIpc) is 3.10. The van der Waals surface area contributed by atoms with Gasteiger partial charge in [-0.2, -0.15) is 5.26 Å². The molecule has 1 atom stereocenters. The highest BCUT2D eigenvalue weighted by Gasteiger charge is 2.25. The monoisotopic (exact) mass is 320 g/mol. The zero-order valence-electron chi connectivity index (χ0n) is 13.1. The smallest absolute Gasteiger partial charge is 0.245 e. The molecule has 1 saturated heterocycles. The standard InChI is InChI=1S/C17H16N6O/c18-6-12(24)9-23-5-1-2-11(8-23)16-15-13-3-4-19-17(13)20-7-14(15)21-10-22-16/h3-4,7,10-11H,1-2,5,8-9H2,(H,21,22). The van der Waals surface area contributed by atoms with E-state index in [1.807, 2.05) is 6.07 Å². The van der Waals surface area contributed by atoms with Gasteiger partial charge in [0.1, 0.15) is 6.07 Å². The number of carbonyl (C=O) groups excluding carboxylic acids is 1. The minimum atomic E-state index is -0.383. The Balaban J connectivity index is 1.74. The summed E-state index contributed by atoms with van der Waals surface area (Å²) in [5.41, 5.74) is 2.67. The molecule has 3 aromatic heterocycles. The Hall–Kier alpha value is -2.85. The highest BCUT2D eigenvalue weighted by atomic mass is 16.1. The summed E-state index contributed by atoms with van der Waals surface area (Å²) in [4.78, 5) is 29.8. The Bertz CT molecular complexity index is 957. The molecule has 4 rings (SSSR count). The van der Waals surface area contributed by atoms with E-state index in [-0.39, 0.29) is 18.2 Å². The molecule has 1 N–H and O–H groups in total. The fourth-order valence-corrected chi connectivity index (χ4v) is 3.57. The van der Waals surface area contributed by atoms with Crippen molar-refractivity contribution in [1.82, 2.24) is 24.8 Å². The number of nitriles is 1. The quantitative estimate of drug-likeness (QED) is 0.739. The zero-order valence-corrected chi connectivity index (χ0v) is 13.1. The number of hydrogen-bond donors (Lipinski definition) is 1. The fourth-order valence-electron chi connectivity index (χ4n) is 3.57. The van der Waals surface area contributed by atoms with Crippen molar-refractivity contribution >= 4 is 27.7 Å². The summed E-state index contributed by atoms with van der Waals surface area (Å²) < 4.78 is 0. The van der Waals surface area contributed by atoms with E-state index >= 15 is 0 Å². The predicted octanol–water partition coefficient (Wildman–Crippen LogP) is 1.78. The largest absolute Gasteiger partial charge is 0.349 e. The van der Waals surface area contributed by atoms with Crippen molar-refractivity contribution in [1.29, 1.82) is 5.26 Å². The number of piperidine rings is 1. The summed E-state index contributed by atoms with van der Waals surface area (Å²) in [6, 6.07) is 3.66. The molecule has 1 aliphatic rings. The van der Waals surface area contributed by atoms with Crippen molar-refractivity contribution < 1.29 is 4.79 Å². The van der Waals surface area contributed by atoms with Gasteiger partial charge in [-0.3, -0.25) is 9.69 Å². The van der Waals surface area contributed by atoms with Crippen molar-refractivity contribution in [2.45, 2.75) is 18.8 Å². The van der Waals surface area contributed by atoms with Gasteiger partial charge in [0.05, 0.1) is 24.6 Å². The van der Waals surface area contributed by atoms with Crippen molar-refractivity contribution in [2.24, 2.45) is 0 Å². The minimum absolute atomic E-state index is 0.199. The van der Waals surface area contributed by atoms with Gasteiger partial charge in [-0.1, -0.05) is 0 Å². The highest BCUT2D eigenvalue weighted by molar-refractivity contribution is 6.04. The van der Waals surface area contributed by atoms with Gasteiger partial charge >= 0.3 is 0 Å². The molecular formula is C17H16N6O. The Labute approximate surface area is 138 Å². The Kier molecular flexibility index (Phi) is 3.67. The van der Waals surface area contributed by atoms with Gasteiger partial charge in [-0.15, -0.1) is 0 Å². The number of ketones is 1. The number of aromatic amines is 1. The van der Waals surface area contributed by atoms with Gasteiger partial charge in [0, 0.05) is 35.1 Å². The third-order valence-electron chi connectivity index (χ3n) is 4.61. The van der Waals surface area contributed by atoms with Crippen LogP contribution in [-0.2, 0) is 4.79 Å². The second kappa shape index (κ2) is 5.98. The molecule has 0 aromatic carbocycles. The van der Waals surface area contributed by atoms with Gasteiger partial charge in [0.2, 0.25) is 5.78 Å². The molecule has 1 unspecified atom stereocenters. The van der Waals surface area contributed by atoms with E-state index in [0.29, 0.717) is 0 Å². The van der Waals surface area contributed by atoms with Gasteiger partial charge < -0.3 is 4.98 Å². The van der Waals surface area contributed by atoms with E-state index in [9.17, 15) is 4.79 Å². The zero-order chi connectivity index (χ0) is 16.5. The molecule has 1 aliphatic heterocycles. The summed E-state index contributed by atoms with van der Waals surface area (Å²) in [7, 11) is 0. The number of H-pyrrole nitrogens is 1. The molecular weight excluding hydrogens is 304 g/mol. The van der Waals surface area contributed by atoms with Crippen LogP contribution >= 0.6 is 0 Å². The van der Waals surface area contributed by atoms with Crippen LogP contribution in [0.3, 0.4) is 0 Å². The van der Waals surface area contributed by atoms with Gasteiger partial charge in [-0.25, -0.2) is 15.0 Å². The molecule has 0 bridgehead atoms.